The number of halogens is 1. The first kappa shape index (κ1) is 12.5. The van der Waals surface area contributed by atoms with Gasteiger partial charge in [-0.15, -0.1) is 0 Å². The Kier molecular flexibility index (Phi) is 4.79. The lowest BCUT2D eigenvalue weighted by Gasteiger charge is -2.12. The predicted molar refractivity (Wildman–Crippen MR) is 60.1 cm³/mol. The van der Waals surface area contributed by atoms with Gasteiger partial charge in [-0.2, -0.15) is 0 Å². The standard InChI is InChI=1S/C11H12ClNO3/c1-13(11(12)15)7-10(14)16-8-9-5-3-2-4-6-9/h2-6H,7-8H2,1H3. The van der Waals surface area contributed by atoms with E-state index >= 15 is 0 Å². The number of carbonyl (C=O) groups is 2. The number of amides is 1. The summed E-state index contributed by atoms with van der Waals surface area (Å²) in [6, 6.07) is 9.30. The molecule has 0 atom stereocenters. The van der Waals surface area contributed by atoms with Crippen molar-refractivity contribution < 1.29 is 14.3 Å². The lowest BCUT2D eigenvalue weighted by Crippen LogP contribution is -2.29. The van der Waals surface area contributed by atoms with Crippen LogP contribution in [0.4, 0.5) is 4.79 Å². The van der Waals surface area contributed by atoms with Gasteiger partial charge < -0.3 is 9.64 Å². The lowest BCUT2D eigenvalue weighted by molar-refractivity contribution is -0.145. The maximum atomic E-state index is 11.3. The second-order valence-electron chi connectivity index (χ2n) is 3.26. The lowest BCUT2D eigenvalue weighted by atomic mass is 10.2. The number of nitrogens with zero attached hydrogens (tertiary/aromatic N) is 1. The van der Waals surface area contributed by atoms with Gasteiger partial charge in [-0.1, -0.05) is 30.3 Å². The van der Waals surface area contributed by atoms with Crippen LogP contribution >= 0.6 is 11.6 Å². The maximum Gasteiger partial charge on any atom is 0.326 e. The average Bonchev–Trinajstić information content (AvgIpc) is 2.27. The van der Waals surface area contributed by atoms with Crippen molar-refractivity contribution in [3.8, 4) is 0 Å². The van der Waals surface area contributed by atoms with Crippen LogP contribution in [0, 0.1) is 0 Å². The molecule has 1 aromatic carbocycles. The molecule has 1 rings (SSSR count). The van der Waals surface area contributed by atoms with E-state index in [4.69, 9.17) is 16.3 Å². The summed E-state index contributed by atoms with van der Waals surface area (Å²) >= 11 is 5.17. The van der Waals surface area contributed by atoms with E-state index in [2.05, 4.69) is 0 Å². The van der Waals surface area contributed by atoms with E-state index in [0.29, 0.717) is 0 Å². The van der Waals surface area contributed by atoms with Gasteiger partial charge >= 0.3 is 11.3 Å². The number of ether oxygens (including phenoxy) is 1. The van der Waals surface area contributed by atoms with Crippen molar-refractivity contribution in [1.29, 1.82) is 0 Å². The summed E-state index contributed by atoms with van der Waals surface area (Å²) in [4.78, 5) is 23.0. The van der Waals surface area contributed by atoms with Crippen molar-refractivity contribution in [3.05, 3.63) is 35.9 Å². The van der Waals surface area contributed by atoms with Gasteiger partial charge in [0.1, 0.15) is 13.2 Å². The molecule has 0 radical (unpaired) electrons. The number of esters is 1. The van der Waals surface area contributed by atoms with Gasteiger partial charge in [0.05, 0.1) is 0 Å². The summed E-state index contributed by atoms with van der Waals surface area (Å²) in [5.74, 6) is -0.486. The Hall–Kier alpha value is -1.55. The molecule has 0 aliphatic carbocycles. The SMILES string of the molecule is CN(CC(=O)OCc1ccccc1)C(=O)Cl. The third-order valence-corrected chi connectivity index (χ3v) is 2.20. The highest BCUT2D eigenvalue weighted by molar-refractivity contribution is 6.62. The minimum absolute atomic E-state index is 0.144. The zero-order valence-electron chi connectivity index (χ0n) is 8.85. The molecule has 4 nitrogen and oxygen atoms in total. The molecule has 0 bridgehead atoms. The van der Waals surface area contributed by atoms with Gasteiger partial charge in [0.25, 0.3) is 0 Å². The molecular formula is C11H12ClNO3. The second kappa shape index (κ2) is 6.12. The molecule has 0 spiro atoms. The fraction of sp³-hybridized carbons (Fsp3) is 0.273. The highest BCUT2D eigenvalue weighted by Crippen LogP contribution is 2.01. The van der Waals surface area contributed by atoms with Crippen LogP contribution in [0.15, 0.2) is 30.3 Å². The monoisotopic (exact) mass is 241 g/mol. The van der Waals surface area contributed by atoms with Crippen LogP contribution in [0.3, 0.4) is 0 Å². The second-order valence-corrected chi connectivity index (χ2v) is 3.58. The zero-order chi connectivity index (χ0) is 12.0. The zero-order valence-corrected chi connectivity index (χ0v) is 9.61. The van der Waals surface area contributed by atoms with Gasteiger partial charge in [0.15, 0.2) is 0 Å². The molecule has 0 N–H and O–H groups in total. The van der Waals surface area contributed by atoms with E-state index in [1.807, 2.05) is 30.3 Å². The Morgan fingerprint density at radius 1 is 1.31 bits per heavy atom. The molecule has 5 heteroatoms. The van der Waals surface area contributed by atoms with E-state index in [-0.39, 0.29) is 13.2 Å². The first-order valence-corrected chi connectivity index (χ1v) is 5.07. The molecule has 1 amide bonds. The molecule has 0 aliphatic rings. The van der Waals surface area contributed by atoms with Gasteiger partial charge in [0.2, 0.25) is 0 Å². The number of likely N-dealkylation sites (N-methyl/N-ethyl adjacent to an activating group) is 1. The van der Waals surface area contributed by atoms with E-state index in [1.54, 1.807) is 0 Å². The molecule has 0 aromatic heterocycles. The molecule has 86 valence electrons. The fourth-order valence-electron chi connectivity index (χ4n) is 1.04. The topological polar surface area (TPSA) is 46.6 Å². The smallest absolute Gasteiger partial charge is 0.326 e. The van der Waals surface area contributed by atoms with Crippen LogP contribution in [0.1, 0.15) is 5.56 Å². The van der Waals surface area contributed by atoms with E-state index in [0.717, 1.165) is 10.5 Å². The Balaban J connectivity index is 2.33. The Morgan fingerprint density at radius 2 is 1.94 bits per heavy atom. The van der Waals surface area contributed by atoms with Gasteiger partial charge in [-0.25, -0.2) is 0 Å². The molecule has 0 heterocycles. The summed E-state index contributed by atoms with van der Waals surface area (Å²) < 4.78 is 4.96. The molecule has 0 unspecified atom stereocenters. The third kappa shape index (κ3) is 4.31. The van der Waals surface area contributed by atoms with Crippen LogP contribution in [-0.2, 0) is 16.1 Å². The minimum Gasteiger partial charge on any atom is -0.459 e. The molecule has 1 aromatic rings. The largest absolute Gasteiger partial charge is 0.459 e. The molecule has 0 saturated heterocycles. The van der Waals surface area contributed by atoms with Crippen molar-refractivity contribution in [2.75, 3.05) is 13.6 Å². The van der Waals surface area contributed by atoms with Crippen LogP contribution in [0.25, 0.3) is 0 Å². The van der Waals surface area contributed by atoms with E-state index in [9.17, 15) is 9.59 Å². The first-order chi connectivity index (χ1) is 7.59. The third-order valence-electron chi connectivity index (χ3n) is 1.91. The van der Waals surface area contributed by atoms with Crippen LogP contribution in [-0.4, -0.2) is 29.8 Å². The van der Waals surface area contributed by atoms with Crippen LogP contribution < -0.4 is 0 Å². The summed E-state index contributed by atoms with van der Waals surface area (Å²) in [6.07, 6.45) is 0. The number of benzene rings is 1. The summed E-state index contributed by atoms with van der Waals surface area (Å²) in [5, 5.41) is -0.684. The minimum atomic E-state index is -0.684. The van der Waals surface area contributed by atoms with Crippen LogP contribution in [0.2, 0.25) is 0 Å². The molecule has 0 aliphatic heterocycles. The first-order valence-electron chi connectivity index (χ1n) is 4.69. The molecular weight excluding hydrogens is 230 g/mol. The Morgan fingerprint density at radius 3 is 2.50 bits per heavy atom. The number of rotatable bonds is 4. The summed E-state index contributed by atoms with van der Waals surface area (Å²) in [5.41, 5.74) is 0.899. The number of carbonyl (C=O) groups excluding carboxylic acids is 2. The maximum absolute atomic E-state index is 11.3. The summed E-state index contributed by atoms with van der Waals surface area (Å²) in [6.45, 7) is 0.0547. The van der Waals surface area contributed by atoms with E-state index < -0.39 is 11.3 Å². The molecule has 0 fully saturated rings. The highest BCUT2D eigenvalue weighted by Gasteiger charge is 2.11. The van der Waals surface area contributed by atoms with Crippen molar-refractivity contribution >= 4 is 22.9 Å². The Bertz CT molecular complexity index is 367. The van der Waals surface area contributed by atoms with Crippen molar-refractivity contribution in [2.24, 2.45) is 0 Å². The van der Waals surface area contributed by atoms with Gasteiger partial charge in [-0.05, 0) is 17.2 Å². The molecule has 16 heavy (non-hydrogen) atoms. The Labute approximate surface area is 98.8 Å². The number of hydrogen-bond acceptors (Lipinski definition) is 3. The van der Waals surface area contributed by atoms with Crippen molar-refractivity contribution in [1.82, 2.24) is 4.90 Å². The van der Waals surface area contributed by atoms with Gasteiger partial charge in [-0.3, -0.25) is 9.59 Å². The molecule has 0 saturated carbocycles. The number of hydrogen-bond donors (Lipinski definition) is 0. The van der Waals surface area contributed by atoms with Gasteiger partial charge in [0, 0.05) is 7.05 Å². The van der Waals surface area contributed by atoms with Crippen molar-refractivity contribution in [2.45, 2.75) is 6.61 Å². The quantitative estimate of drug-likeness (QED) is 0.460. The predicted octanol–water partition coefficient (Wildman–Crippen LogP) is 2.02. The van der Waals surface area contributed by atoms with Crippen LogP contribution in [0.5, 0.6) is 0 Å². The highest BCUT2D eigenvalue weighted by atomic mass is 35.5. The average molecular weight is 242 g/mol. The normalized spacial score (nSPS) is 9.62. The van der Waals surface area contributed by atoms with E-state index in [1.165, 1.54) is 7.05 Å². The summed E-state index contributed by atoms with van der Waals surface area (Å²) in [7, 11) is 1.43. The fourth-order valence-corrected chi connectivity index (χ4v) is 1.10. The van der Waals surface area contributed by atoms with Crippen molar-refractivity contribution in [3.63, 3.8) is 0 Å².